The van der Waals surface area contributed by atoms with Crippen LogP contribution in [0.2, 0.25) is 5.02 Å². The number of hydrogen-bond acceptors (Lipinski definition) is 5. The number of nitrogens with zero attached hydrogens (tertiary/aromatic N) is 1. The molecule has 19 heavy (non-hydrogen) atoms. The minimum Gasteiger partial charge on any atom is -0.461 e. The van der Waals surface area contributed by atoms with Gasteiger partial charge in [0.25, 0.3) is 6.01 Å². The summed E-state index contributed by atoms with van der Waals surface area (Å²) < 4.78 is 9.94. The Balaban J connectivity index is 1.93. The van der Waals surface area contributed by atoms with Gasteiger partial charge in [-0.3, -0.25) is 0 Å². The first kappa shape index (κ1) is 13.4. The molecule has 0 aliphatic rings. The number of nitrogens with one attached hydrogen (secondary N) is 1. The number of aromatic nitrogens is 1. The molecule has 100 valence electrons. The van der Waals surface area contributed by atoms with Crippen molar-refractivity contribution in [1.82, 2.24) is 4.98 Å². The minimum absolute atomic E-state index is 0.153. The summed E-state index contributed by atoms with van der Waals surface area (Å²) >= 11 is 5.79. The lowest BCUT2D eigenvalue weighted by Gasteiger charge is -2.01. The highest BCUT2D eigenvalue weighted by molar-refractivity contribution is 6.30. The van der Waals surface area contributed by atoms with Crippen LogP contribution in [0.3, 0.4) is 0 Å². The fourth-order valence-corrected chi connectivity index (χ4v) is 1.56. The maximum Gasteiger partial charge on any atom is 0.360 e. The summed E-state index contributed by atoms with van der Waals surface area (Å²) in [4.78, 5) is 15.4. The number of esters is 1. The van der Waals surface area contributed by atoms with E-state index in [1.807, 2.05) is 12.1 Å². The van der Waals surface area contributed by atoms with Crippen LogP contribution in [0.25, 0.3) is 0 Å². The van der Waals surface area contributed by atoms with E-state index in [0.717, 1.165) is 5.56 Å². The Bertz CT molecular complexity index is 551. The molecule has 0 amide bonds. The van der Waals surface area contributed by atoms with Gasteiger partial charge < -0.3 is 14.5 Å². The van der Waals surface area contributed by atoms with Crippen LogP contribution in [0.1, 0.15) is 23.0 Å². The molecule has 1 aromatic carbocycles. The van der Waals surface area contributed by atoms with Gasteiger partial charge in [-0.1, -0.05) is 23.7 Å². The van der Waals surface area contributed by atoms with Crippen LogP contribution in [0, 0.1) is 0 Å². The van der Waals surface area contributed by atoms with Gasteiger partial charge in [-0.25, -0.2) is 4.79 Å². The van der Waals surface area contributed by atoms with Crippen molar-refractivity contribution >= 4 is 23.6 Å². The van der Waals surface area contributed by atoms with Crippen molar-refractivity contribution in [3.63, 3.8) is 0 Å². The van der Waals surface area contributed by atoms with Crippen LogP contribution in [0.4, 0.5) is 6.01 Å². The lowest BCUT2D eigenvalue weighted by atomic mass is 10.2. The number of carbonyl (C=O) groups excluding carboxylic acids is 1. The van der Waals surface area contributed by atoms with E-state index >= 15 is 0 Å². The molecule has 5 nitrogen and oxygen atoms in total. The second-order valence-corrected chi connectivity index (χ2v) is 4.17. The topological polar surface area (TPSA) is 64.4 Å². The predicted molar refractivity (Wildman–Crippen MR) is 71.2 cm³/mol. The average Bonchev–Trinajstić information content (AvgIpc) is 2.87. The zero-order chi connectivity index (χ0) is 13.7. The van der Waals surface area contributed by atoms with Gasteiger partial charge >= 0.3 is 5.97 Å². The number of carbonyl (C=O) groups is 1. The highest BCUT2D eigenvalue weighted by Crippen LogP contribution is 2.13. The number of rotatable bonds is 5. The molecule has 0 atom stereocenters. The van der Waals surface area contributed by atoms with Crippen LogP contribution < -0.4 is 5.32 Å². The van der Waals surface area contributed by atoms with E-state index in [9.17, 15) is 4.79 Å². The van der Waals surface area contributed by atoms with Crippen molar-refractivity contribution in [3.8, 4) is 0 Å². The van der Waals surface area contributed by atoms with E-state index in [4.69, 9.17) is 20.8 Å². The average molecular weight is 281 g/mol. The minimum atomic E-state index is -0.495. The molecule has 1 heterocycles. The third-order valence-electron chi connectivity index (χ3n) is 2.35. The van der Waals surface area contributed by atoms with E-state index in [1.54, 1.807) is 19.1 Å². The zero-order valence-electron chi connectivity index (χ0n) is 10.4. The molecule has 2 rings (SSSR count). The van der Waals surface area contributed by atoms with Crippen LogP contribution in [0.5, 0.6) is 0 Å². The Morgan fingerprint density at radius 2 is 2.16 bits per heavy atom. The van der Waals surface area contributed by atoms with Crippen LogP contribution in [0.15, 0.2) is 34.9 Å². The van der Waals surface area contributed by atoms with Crippen molar-refractivity contribution < 1.29 is 13.9 Å². The van der Waals surface area contributed by atoms with Crippen molar-refractivity contribution in [3.05, 3.63) is 46.8 Å². The largest absolute Gasteiger partial charge is 0.461 e. The van der Waals surface area contributed by atoms with Gasteiger partial charge in [-0.2, -0.15) is 4.98 Å². The fourth-order valence-electron chi connectivity index (χ4n) is 1.43. The standard InChI is InChI=1S/C13H13ClN2O3/c1-2-18-12(17)11-8-19-13(16-11)15-7-9-3-5-10(14)6-4-9/h3-6,8H,2,7H2,1H3,(H,15,16). The van der Waals surface area contributed by atoms with Crippen molar-refractivity contribution in [1.29, 1.82) is 0 Å². The van der Waals surface area contributed by atoms with E-state index in [2.05, 4.69) is 10.3 Å². The first-order valence-electron chi connectivity index (χ1n) is 5.80. The quantitative estimate of drug-likeness (QED) is 0.853. The molecule has 1 N–H and O–H groups in total. The molecule has 0 unspecified atom stereocenters. The van der Waals surface area contributed by atoms with Crippen molar-refractivity contribution in [2.45, 2.75) is 13.5 Å². The molecule has 0 saturated carbocycles. The zero-order valence-corrected chi connectivity index (χ0v) is 11.1. The lowest BCUT2D eigenvalue weighted by molar-refractivity contribution is 0.0519. The molecule has 2 aromatic rings. The molecule has 0 bridgehead atoms. The van der Waals surface area contributed by atoms with Crippen LogP contribution in [-0.2, 0) is 11.3 Å². The lowest BCUT2D eigenvalue weighted by Crippen LogP contribution is -2.05. The number of hydrogen-bond donors (Lipinski definition) is 1. The number of oxazole rings is 1. The van der Waals surface area contributed by atoms with E-state index in [1.165, 1.54) is 6.26 Å². The number of ether oxygens (including phenoxy) is 1. The molecule has 0 fully saturated rings. The molecular weight excluding hydrogens is 268 g/mol. The summed E-state index contributed by atoms with van der Waals surface area (Å²) in [6.07, 6.45) is 1.27. The summed E-state index contributed by atoms with van der Waals surface area (Å²) in [6, 6.07) is 7.67. The van der Waals surface area contributed by atoms with Gasteiger partial charge in [0.15, 0.2) is 5.69 Å². The summed E-state index contributed by atoms with van der Waals surface area (Å²) in [5.41, 5.74) is 1.18. The third-order valence-corrected chi connectivity index (χ3v) is 2.60. The highest BCUT2D eigenvalue weighted by Gasteiger charge is 2.12. The Labute approximate surface area is 115 Å². The first-order chi connectivity index (χ1) is 9.19. The Kier molecular flexibility index (Phi) is 4.41. The third kappa shape index (κ3) is 3.72. The van der Waals surface area contributed by atoms with Gasteiger partial charge in [0.2, 0.25) is 0 Å². The van der Waals surface area contributed by atoms with Gasteiger partial charge in [0, 0.05) is 11.6 Å². The molecular formula is C13H13ClN2O3. The molecule has 0 saturated heterocycles. The Hall–Kier alpha value is -2.01. The number of halogens is 1. The molecule has 0 spiro atoms. The van der Waals surface area contributed by atoms with Crippen LogP contribution >= 0.6 is 11.6 Å². The molecule has 0 aliphatic carbocycles. The monoisotopic (exact) mass is 280 g/mol. The fraction of sp³-hybridized carbons (Fsp3) is 0.231. The smallest absolute Gasteiger partial charge is 0.360 e. The SMILES string of the molecule is CCOC(=O)c1coc(NCc2ccc(Cl)cc2)n1. The summed E-state index contributed by atoms with van der Waals surface area (Å²) in [6.45, 7) is 2.57. The van der Waals surface area contributed by atoms with Gasteiger partial charge in [-0.15, -0.1) is 0 Å². The second-order valence-electron chi connectivity index (χ2n) is 3.74. The molecule has 0 aliphatic heterocycles. The van der Waals surface area contributed by atoms with Crippen molar-refractivity contribution in [2.24, 2.45) is 0 Å². The summed E-state index contributed by atoms with van der Waals surface area (Å²) in [5.74, 6) is -0.495. The normalized spacial score (nSPS) is 10.2. The van der Waals surface area contributed by atoms with Gasteiger partial charge in [0.1, 0.15) is 6.26 Å². The van der Waals surface area contributed by atoms with Gasteiger partial charge in [-0.05, 0) is 24.6 Å². The van der Waals surface area contributed by atoms with E-state index in [-0.39, 0.29) is 11.7 Å². The number of anilines is 1. The Morgan fingerprint density at radius 1 is 1.42 bits per heavy atom. The maximum absolute atomic E-state index is 11.4. The molecule has 0 radical (unpaired) electrons. The molecule has 6 heteroatoms. The van der Waals surface area contributed by atoms with E-state index < -0.39 is 5.97 Å². The maximum atomic E-state index is 11.4. The van der Waals surface area contributed by atoms with E-state index in [0.29, 0.717) is 18.2 Å². The molecule has 1 aromatic heterocycles. The summed E-state index contributed by atoms with van der Waals surface area (Å²) in [5, 5.41) is 3.65. The second kappa shape index (κ2) is 6.24. The van der Waals surface area contributed by atoms with Gasteiger partial charge in [0.05, 0.1) is 6.61 Å². The summed E-state index contributed by atoms with van der Waals surface area (Å²) in [7, 11) is 0. The predicted octanol–water partition coefficient (Wildman–Crippen LogP) is 3.12. The number of benzene rings is 1. The Morgan fingerprint density at radius 3 is 2.84 bits per heavy atom. The highest BCUT2D eigenvalue weighted by atomic mass is 35.5. The first-order valence-corrected chi connectivity index (χ1v) is 6.18. The van der Waals surface area contributed by atoms with Crippen molar-refractivity contribution in [2.75, 3.05) is 11.9 Å². The van der Waals surface area contributed by atoms with Crippen LogP contribution in [-0.4, -0.2) is 17.6 Å².